The Labute approximate surface area is 133 Å². The van der Waals surface area contributed by atoms with Crippen molar-refractivity contribution in [2.45, 2.75) is 25.3 Å². The van der Waals surface area contributed by atoms with E-state index in [-0.39, 0.29) is 6.04 Å². The molecule has 0 fully saturated rings. The second kappa shape index (κ2) is 5.80. The number of halogens is 3. The van der Waals surface area contributed by atoms with E-state index in [0.717, 1.165) is 30.6 Å². The lowest BCUT2D eigenvalue weighted by Gasteiger charge is -2.26. The first-order valence-corrected chi connectivity index (χ1v) is 7.63. The van der Waals surface area contributed by atoms with Crippen LogP contribution in [0.1, 0.15) is 30.1 Å². The second-order valence-electron chi connectivity index (χ2n) is 4.88. The number of hydrogen-bond donors (Lipinski definition) is 1. The molecule has 2 aromatic rings. The zero-order valence-corrected chi connectivity index (χ0v) is 12.9. The van der Waals surface area contributed by atoms with Crippen molar-refractivity contribution in [2.24, 2.45) is 0 Å². The van der Waals surface area contributed by atoms with Crippen molar-refractivity contribution in [1.82, 2.24) is 4.98 Å². The third-order valence-electron chi connectivity index (χ3n) is 3.52. The maximum Gasteiger partial charge on any atom is 0.0725 e. The summed E-state index contributed by atoms with van der Waals surface area (Å²) in [5, 5.41) is 5.02. The van der Waals surface area contributed by atoms with Crippen molar-refractivity contribution in [2.75, 3.05) is 5.32 Å². The fourth-order valence-corrected chi connectivity index (χ4v) is 3.53. The highest BCUT2D eigenvalue weighted by Crippen LogP contribution is 2.38. The summed E-state index contributed by atoms with van der Waals surface area (Å²) in [6.45, 7) is 0. The summed E-state index contributed by atoms with van der Waals surface area (Å²) in [6, 6.07) is 7.63. The first-order chi connectivity index (χ1) is 9.65. The molecule has 1 aliphatic rings. The van der Waals surface area contributed by atoms with Crippen LogP contribution in [0.2, 0.25) is 15.1 Å². The predicted octanol–water partition coefficient (Wildman–Crippen LogP) is 5.53. The summed E-state index contributed by atoms with van der Waals surface area (Å²) in [6.07, 6.45) is 5.03. The quantitative estimate of drug-likeness (QED) is 0.784. The molecule has 0 spiro atoms. The topological polar surface area (TPSA) is 24.9 Å². The van der Waals surface area contributed by atoms with E-state index in [1.165, 1.54) is 5.56 Å². The van der Waals surface area contributed by atoms with E-state index >= 15 is 0 Å². The molecule has 0 amide bonds. The molecule has 0 saturated heterocycles. The minimum Gasteiger partial charge on any atom is -0.374 e. The smallest absolute Gasteiger partial charge is 0.0725 e. The first-order valence-electron chi connectivity index (χ1n) is 6.50. The number of anilines is 1. The molecule has 0 bridgehead atoms. The molecule has 20 heavy (non-hydrogen) atoms. The fourth-order valence-electron chi connectivity index (χ4n) is 2.60. The Kier molecular flexibility index (Phi) is 4.06. The number of pyridine rings is 1. The van der Waals surface area contributed by atoms with Crippen LogP contribution in [-0.4, -0.2) is 4.98 Å². The average Bonchev–Trinajstić information content (AvgIpc) is 2.43. The lowest BCUT2D eigenvalue weighted by atomic mass is 9.92. The number of hydrogen-bond acceptors (Lipinski definition) is 2. The van der Waals surface area contributed by atoms with Crippen LogP contribution in [0.5, 0.6) is 0 Å². The van der Waals surface area contributed by atoms with Gasteiger partial charge in [-0.2, -0.15) is 0 Å². The van der Waals surface area contributed by atoms with Crippen LogP contribution in [0.25, 0.3) is 0 Å². The van der Waals surface area contributed by atoms with Gasteiger partial charge in [0.1, 0.15) is 0 Å². The maximum absolute atomic E-state index is 6.23. The molecular weight excluding hydrogens is 315 g/mol. The number of nitrogens with zero attached hydrogens (tertiary/aromatic N) is 1. The molecule has 0 saturated carbocycles. The average molecular weight is 328 g/mol. The number of aromatic nitrogens is 1. The molecule has 0 radical (unpaired) electrons. The Morgan fingerprint density at radius 2 is 1.90 bits per heavy atom. The SMILES string of the molecule is Clc1cc(Cl)c(NC2CCCc3cccnc32)c(Cl)c1. The molecule has 0 aliphatic heterocycles. The number of aryl methyl sites for hydroxylation is 1. The van der Waals surface area contributed by atoms with E-state index in [1.54, 1.807) is 12.1 Å². The molecule has 5 heteroatoms. The monoisotopic (exact) mass is 326 g/mol. The normalized spacial score (nSPS) is 17.6. The summed E-state index contributed by atoms with van der Waals surface area (Å²) in [5.41, 5.74) is 3.10. The van der Waals surface area contributed by atoms with E-state index < -0.39 is 0 Å². The molecule has 1 aromatic carbocycles. The second-order valence-corrected chi connectivity index (χ2v) is 6.13. The number of benzene rings is 1. The lowest BCUT2D eigenvalue weighted by molar-refractivity contribution is 0.583. The van der Waals surface area contributed by atoms with Gasteiger partial charge in [0.2, 0.25) is 0 Å². The Hall–Kier alpha value is -0.960. The van der Waals surface area contributed by atoms with Crippen molar-refractivity contribution in [3.63, 3.8) is 0 Å². The predicted molar refractivity (Wildman–Crippen MR) is 85.0 cm³/mol. The van der Waals surface area contributed by atoms with Crippen LogP contribution >= 0.6 is 34.8 Å². The van der Waals surface area contributed by atoms with Gasteiger partial charge in [0.05, 0.1) is 27.5 Å². The molecule has 1 aliphatic carbocycles. The van der Waals surface area contributed by atoms with Gasteiger partial charge in [0.25, 0.3) is 0 Å². The van der Waals surface area contributed by atoms with E-state index in [2.05, 4.69) is 16.4 Å². The van der Waals surface area contributed by atoms with Gasteiger partial charge < -0.3 is 5.32 Å². The van der Waals surface area contributed by atoms with Crippen LogP contribution in [-0.2, 0) is 6.42 Å². The highest BCUT2D eigenvalue weighted by atomic mass is 35.5. The molecule has 104 valence electrons. The molecule has 3 rings (SSSR count). The van der Waals surface area contributed by atoms with Gasteiger partial charge >= 0.3 is 0 Å². The van der Waals surface area contributed by atoms with E-state index in [0.29, 0.717) is 15.1 Å². The zero-order chi connectivity index (χ0) is 14.1. The highest BCUT2D eigenvalue weighted by Gasteiger charge is 2.22. The van der Waals surface area contributed by atoms with Gasteiger partial charge in [-0.15, -0.1) is 0 Å². The van der Waals surface area contributed by atoms with Gasteiger partial charge in [-0.1, -0.05) is 40.9 Å². The highest BCUT2D eigenvalue weighted by molar-refractivity contribution is 6.41. The summed E-state index contributed by atoms with van der Waals surface area (Å²) in [7, 11) is 0. The van der Waals surface area contributed by atoms with Gasteiger partial charge in [0, 0.05) is 11.2 Å². The standard InChI is InChI=1S/C15H13Cl3N2/c16-10-7-11(17)15(12(18)8-10)20-13-5-1-3-9-4-2-6-19-14(9)13/h2,4,6-8,13,20H,1,3,5H2. The van der Waals surface area contributed by atoms with Crippen molar-refractivity contribution in [3.8, 4) is 0 Å². The number of fused-ring (bicyclic) bond motifs is 1. The lowest BCUT2D eigenvalue weighted by Crippen LogP contribution is -2.19. The van der Waals surface area contributed by atoms with Gasteiger partial charge in [-0.25, -0.2) is 0 Å². The van der Waals surface area contributed by atoms with Crippen LogP contribution < -0.4 is 5.32 Å². The summed E-state index contributed by atoms with van der Waals surface area (Å²) in [4.78, 5) is 4.50. The largest absolute Gasteiger partial charge is 0.374 e. The third kappa shape index (κ3) is 2.73. The third-order valence-corrected chi connectivity index (χ3v) is 4.33. The van der Waals surface area contributed by atoms with Crippen molar-refractivity contribution in [3.05, 3.63) is 56.8 Å². The summed E-state index contributed by atoms with van der Waals surface area (Å²) >= 11 is 18.4. The zero-order valence-electron chi connectivity index (χ0n) is 10.7. The first kappa shape index (κ1) is 14.0. The Morgan fingerprint density at radius 1 is 1.15 bits per heavy atom. The maximum atomic E-state index is 6.23. The minimum atomic E-state index is 0.135. The van der Waals surface area contributed by atoms with E-state index in [1.807, 2.05) is 12.3 Å². The Bertz CT molecular complexity index is 620. The van der Waals surface area contributed by atoms with Crippen LogP contribution in [0.3, 0.4) is 0 Å². The number of nitrogens with one attached hydrogen (secondary N) is 1. The minimum absolute atomic E-state index is 0.135. The molecule has 1 unspecified atom stereocenters. The molecular formula is C15H13Cl3N2. The van der Waals surface area contributed by atoms with Crippen LogP contribution in [0.4, 0.5) is 5.69 Å². The molecule has 1 N–H and O–H groups in total. The molecule has 2 nitrogen and oxygen atoms in total. The molecule has 1 atom stereocenters. The van der Waals surface area contributed by atoms with Crippen molar-refractivity contribution >= 4 is 40.5 Å². The van der Waals surface area contributed by atoms with Crippen molar-refractivity contribution < 1.29 is 0 Å². The Balaban J connectivity index is 1.94. The van der Waals surface area contributed by atoms with E-state index in [9.17, 15) is 0 Å². The fraction of sp³-hybridized carbons (Fsp3) is 0.267. The molecule has 1 heterocycles. The van der Waals surface area contributed by atoms with Gasteiger partial charge in [0.15, 0.2) is 0 Å². The molecule has 1 aromatic heterocycles. The van der Waals surface area contributed by atoms with Crippen LogP contribution in [0, 0.1) is 0 Å². The van der Waals surface area contributed by atoms with Crippen molar-refractivity contribution in [1.29, 1.82) is 0 Å². The van der Waals surface area contributed by atoms with Gasteiger partial charge in [-0.05, 0) is 43.0 Å². The van der Waals surface area contributed by atoms with Crippen LogP contribution in [0.15, 0.2) is 30.5 Å². The summed E-state index contributed by atoms with van der Waals surface area (Å²) < 4.78 is 0. The van der Waals surface area contributed by atoms with E-state index in [4.69, 9.17) is 34.8 Å². The van der Waals surface area contributed by atoms with Gasteiger partial charge in [-0.3, -0.25) is 4.98 Å². The Morgan fingerprint density at radius 3 is 2.65 bits per heavy atom. The number of rotatable bonds is 2. The summed E-state index contributed by atoms with van der Waals surface area (Å²) in [5.74, 6) is 0.